The molecule has 2 aromatic carbocycles. The Bertz CT molecular complexity index is 1100. The first-order valence-corrected chi connectivity index (χ1v) is 10.6. The van der Waals surface area contributed by atoms with Crippen LogP contribution in [0.25, 0.3) is 0 Å². The van der Waals surface area contributed by atoms with Gasteiger partial charge in [-0.05, 0) is 75.2 Å². The maximum Gasteiger partial charge on any atom is 0.338 e. The summed E-state index contributed by atoms with van der Waals surface area (Å²) in [6.07, 6.45) is 3.23. The normalized spacial score (nSPS) is 19.9. The van der Waals surface area contributed by atoms with E-state index < -0.39 is 5.97 Å². The second-order valence-electron chi connectivity index (χ2n) is 8.01. The molecule has 4 rings (SSSR count). The second kappa shape index (κ2) is 8.78. The lowest BCUT2D eigenvalue weighted by molar-refractivity contribution is -0.122. The topological polar surface area (TPSA) is 92.8 Å². The van der Waals surface area contributed by atoms with E-state index in [9.17, 15) is 19.2 Å². The molecule has 0 saturated carbocycles. The number of carbonyl (C=O) groups is 4. The fourth-order valence-corrected chi connectivity index (χ4v) is 4.16. The third kappa shape index (κ3) is 4.06. The number of fused-ring (bicyclic) bond motifs is 1. The number of amides is 3. The van der Waals surface area contributed by atoms with Gasteiger partial charge >= 0.3 is 5.97 Å². The first kappa shape index (κ1) is 21.5. The van der Waals surface area contributed by atoms with E-state index in [-0.39, 0.29) is 29.6 Å². The van der Waals surface area contributed by atoms with Crippen LogP contribution in [0.15, 0.2) is 60.2 Å². The molecule has 1 heterocycles. The highest BCUT2D eigenvalue weighted by Gasteiger charge is 2.48. The second-order valence-corrected chi connectivity index (χ2v) is 8.01. The Morgan fingerprint density at radius 2 is 1.59 bits per heavy atom. The Morgan fingerprint density at radius 1 is 0.969 bits per heavy atom. The molecule has 2 atom stereocenters. The largest absolute Gasteiger partial charge is 0.462 e. The van der Waals surface area contributed by atoms with E-state index in [0.717, 1.165) is 5.57 Å². The van der Waals surface area contributed by atoms with Crippen molar-refractivity contribution in [2.45, 2.75) is 26.7 Å². The molecular formula is C25H24N2O5. The summed E-state index contributed by atoms with van der Waals surface area (Å²) >= 11 is 0. The molecule has 1 N–H and O–H groups in total. The number of benzene rings is 2. The van der Waals surface area contributed by atoms with Crippen LogP contribution in [0.2, 0.25) is 0 Å². The molecule has 0 unspecified atom stereocenters. The minimum Gasteiger partial charge on any atom is -0.462 e. The van der Waals surface area contributed by atoms with E-state index in [2.05, 4.69) is 5.32 Å². The number of hydrogen-bond donors (Lipinski definition) is 1. The Morgan fingerprint density at radius 3 is 2.25 bits per heavy atom. The summed E-state index contributed by atoms with van der Waals surface area (Å²) in [6.45, 7) is 4.01. The summed E-state index contributed by atoms with van der Waals surface area (Å²) in [5.74, 6) is -1.71. The monoisotopic (exact) mass is 432 g/mol. The zero-order valence-electron chi connectivity index (χ0n) is 18.0. The van der Waals surface area contributed by atoms with Crippen molar-refractivity contribution in [1.29, 1.82) is 0 Å². The van der Waals surface area contributed by atoms with E-state index in [0.29, 0.717) is 42.0 Å². The number of nitrogens with zero attached hydrogens (tertiary/aromatic N) is 1. The molecule has 0 radical (unpaired) electrons. The fourth-order valence-electron chi connectivity index (χ4n) is 4.16. The molecule has 3 amide bonds. The number of carbonyl (C=O) groups excluding carboxylic acids is 4. The van der Waals surface area contributed by atoms with Gasteiger partial charge in [0.15, 0.2) is 0 Å². The fraction of sp³-hybridized carbons (Fsp3) is 0.280. The molecule has 0 aromatic heterocycles. The van der Waals surface area contributed by atoms with Gasteiger partial charge in [0.1, 0.15) is 0 Å². The van der Waals surface area contributed by atoms with Crippen molar-refractivity contribution >= 4 is 35.1 Å². The van der Waals surface area contributed by atoms with Gasteiger partial charge in [-0.2, -0.15) is 0 Å². The van der Waals surface area contributed by atoms with Gasteiger partial charge in [0.05, 0.1) is 29.7 Å². The van der Waals surface area contributed by atoms with Gasteiger partial charge in [0, 0.05) is 11.3 Å². The average Bonchev–Trinajstić information content (AvgIpc) is 3.04. The van der Waals surface area contributed by atoms with E-state index >= 15 is 0 Å². The highest BCUT2D eigenvalue weighted by molar-refractivity contribution is 6.22. The van der Waals surface area contributed by atoms with Crippen molar-refractivity contribution in [3.8, 4) is 0 Å². The zero-order valence-corrected chi connectivity index (χ0v) is 18.0. The predicted molar refractivity (Wildman–Crippen MR) is 119 cm³/mol. The highest BCUT2D eigenvalue weighted by atomic mass is 16.5. The van der Waals surface area contributed by atoms with Crippen LogP contribution >= 0.6 is 0 Å². The summed E-state index contributed by atoms with van der Waals surface area (Å²) < 4.78 is 4.94. The maximum atomic E-state index is 12.8. The number of anilines is 2. The third-order valence-electron chi connectivity index (χ3n) is 5.86. The predicted octanol–water partition coefficient (Wildman–Crippen LogP) is 3.96. The summed E-state index contributed by atoms with van der Waals surface area (Å²) in [5.41, 5.74) is 2.93. The molecule has 1 fully saturated rings. The van der Waals surface area contributed by atoms with Crippen LogP contribution in [0.1, 0.15) is 47.4 Å². The van der Waals surface area contributed by atoms with Gasteiger partial charge in [-0.3, -0.25) is 19.3 Å². The number of hydrogen-bond acceptors (Lipinski definition) is 5. The highest BCUT2D eigenvalue weighted by Crippen LogP contribution is 2.39. The van der Waals surface area contributed by atoms with Crippen LogP contribution in [0.4, 0.5) is 11.4 Å². The Labute approximate surface area is 186 Å². The van der Waals surface area contributed by atoms with Gasteiger partial charge in [0.2, 0.25) is 11.8 Å². The van der Waals surface area contributed by atoms with Gasteiger partial charge in [0.25, 0.3) is 5.91 Å². The van der Waals surface area contributed by atoms with Crippen molar-refractivity contribution in [2.24, 2.45) is 11.8 Å². The molecular weight excluding hydrogens is 408 g/mol. The lowest BCUT2D eigenvalue weighted by Crippen LogP contribution is -2.30. The smallest absolute Gasteiger partial charge is 0.338 e. The lowest BCUT2D eigenvalue weighted by Gasteiger charge is -2.18. The standard InChI is InChI=1S/C25H24N2O5/c1-3-32-25(31)17-5-9-18(10-6-17)26-22(28)16-7-11-19(12-8-16)27-23(29)20-13-4-15(2)14-21(20)24(27)30/h4-12,20-21H,3,13-14H2,1-2H3,(H,26,28)/t20-,21-/m1/s1. The first-order valence-electron chi connectivity index (χ1n) is 10.6. The minimum absolute atomic E-state index is 0.175. The Hall–Kier alpha value is -3.74. The lowest BCUT2D eigenvalue weighted by atomic mass is 9.82. The molecule has 7 nitrogen and oxygen atoms in total. The van der Waals surface area contributed by atoms with Gasteiger partial charge in [-0.25, -0.2) is 4.79 Å². The Kier molecular flexibility index (Phi) is 5.90. The molecule has 32 heavy (non-hydrogen) atoms. The van der Waals surface area contributed by atoms with E-state index in [1.54, 1.807) is 55.5 Å². The number of rotatable bonds is 5. The third-order valence-corrected chi connectivity index (χ3v) is 5.86. The summed E-state index contributed by atoms with van der Waals surface area (Å²) in [6, 6.07) is 12.8. The molecule has 7 heteroatoms. The number of ether oxygens (including phenoxy) is 1. The molecule has 0 bridgehead atoms. The molecule has 164 valence electrons. The molecule has 0 spiro atoms. The van der Waals surface area contributed by atoms with Crippen LogP contribution in [0, 0.1) is 11.8 Å². The van der Waals surface area contributed by atoms with E-state index in [1.165, 1.54) is 4.90 Å². The first-order chi connectivity index (χ1) is 15.4. The molecule has 1 aliphatic heterocycles. The summed E-state index contributed by atoms with van der Waals surface area (Å²) in [5, 5.41) is 2.76. The number of imide groups is 1. The number of esters is 1. The SMILES string of the molecule is CCOC(=O)c1ccc(NC(=O)c2ccc(N3C(=O)[C@@H]4CC=C(C)C[C@H]4C3=O)cc2)cc1. The molecule has 1 aliphatic carbocycles. The summed E-state index contributed by atoms with van der Waals surface area (Å²) in [7, 11) is 0. The molecule has 2 aliphatic rings. The minimum atomic E-state index is -0.419. The van der Waals surface area contributed by atoms with Crippen LogP contribution in [0.3, 0.4) is 0 Å². The summed E-state index contributed by atoms with van der Waals surface area (Å²) in [4.78, 5) is 51.2. The average molecular weight is 432 g/mol. The maximum absolute atomic E-state index is 12.8. The van der Waals surface area contributed by atoms with E-state index in [4.69, 9.17) is 4.74 Å². The molecule has 1 saturated heterocycles. The quantitative estimate of drug-likeness (QED) is 0.439. The van der Waals surface area contributed by atoms with Crippen molar-refractivity contribution in [1.82, 2.24) is 0 Å². The van der Waals surface area contributed by atoms with E-state index in [1.807, 2.05) is 13.0 Å². The van der Waals surface area contributed by atoms with Gasteiger partial charge in [-0.1, -0.05) is 11.6 Å². The number of nitrogens with one attached hydrogen (secondary N) is 1. The van der Waals surface area contributed by atoms with Crippen molar-refractivity contribution in [3.63, 3.8) is 0 Å². The van der Waals surface area contributed by atoms with Crippen LogP contribution in [-0.4, -0.2) is 30.3 Å². The van der Waals surface area contributed by atoms with Crippen LogP contribution in [-0.2, 0) is 14.3 Å². The van der Waals surface area contributed by atoms with Crippen molar-refractivity contribution < 1.29 is 23.9 Å². The number of allylic oxidation sites excluding steroid dienone is 2. The Balaban J connectivity index is 1.44. The zero-order chi connectivity index (χ0) is 22.8. The molecule has 2 aromatic rings. The van der Waals surface area contributed by atoms with Gasteiger partial charge in [-0.15, -0.1) is 0 Å². The van der Waals surface area contributed by atoms with Crippen molar-refractivity contribution in [3.05, 3.63) is 71.3 Å². The van der Waals surface area contributed by atoms with Crippen LogP contribution in [0.5, 0.6) is 0 Å². The van der Waals surface area contributed by atoms with Crippen LogP contribution < -0.4 is 10.2 Å². The van der Waals surface area contributed by atoms with Crippen molar-refractivity contribution in [2.75, 3.05) is 16.8 Å². The van der Waals surface area contributed by atoms with Gasteiger partial charge < -0.3 is 10.1 Å².